The summed E-state index contributed by atoms with van der Waals surface area (Å²) in [5.74, 6) is 1.12. The highest BCUT2D eigenvalue weighted by molar-refractivity contribution is 5.43. The van der Waals surface area contributed by atoms with Crippen LogP contribution in [-0.2, 0) is 6.61 Å². The third-order valence-electron chi connectivity index (χ3n) is 3.43. The summed E-state index contributed by atoms with van der Waals surface area (Å²) in [7, 11) is 3.53. The van der Waals surface area contributed by atoms with Crippen LogP contribution in [0.3, 0.4) is 0 Å². The van der Waals surface area contributed by atoms with Gasteiger partial charge in [-0.1, -0.05) is 18.2 Å². The molecular weight excluding hydrogens is 269 g/mol. The van der Waals surface area contributed by atoms with Crippen molar-refractivity contribution in [2.45, 2.75) is 19.6 Å². The predicted molar refractivity (Wildman–Crippen MR) is 81.2 cm³/mol. The number of nitrogens with one attached hydrogen (secondary N) is 1. The normalized spacial score (nSPS) is 12.0. The van der Waals surface area contributed by atoms with Crippen LogP contribution in [-0.4, -0.2) is 14.2 Å². The monoisotopic (exact) mass is 289 g/mol. The summed E-state index contributed by atoms with van der Waals surface area (Å²) in [6.45, 7) is 2.45. The molecule has 0 aliphatic heterocycles. The molecule has 4 heteroatoms. The number of halogens is 1. The highest BCUT2D eigenvalue weighted by Crippen LogP contribution is 2.30. The molecule has 0 aromatic heterocycles. The van der Waals surface area contributed by atoms with Crippen molar-refractivity contribution >= 4 is 0 Å². The van der Waals surface area contributed by atoms with Gasteiger partial charge in [-0.05, 0) is 49.4 Å². The highest BCUT2D eigenvalue weighted by atomic mass is 19.1. The second kappa shape index (κ2) is 7.09. The zero-order chi connectivity index (χ0) is 15.2. The van der Waals surface area contributed by atoms with E-state index in [1.165, 1.54) is 12.1 Å². The van der Waals surface area contributed by atoms with Gasteiger partial charge in [0.15, 0.2) is 11.5 Å². The van der Waals surface area contributed by atoms with E-state index in [9.17, 15) is 4.39 Å². The Balaban J connectivity index is 2.10. The molecule has 0 aliphatic carbocycles. The van der Waals surface area contributed by atoms with Crippen molar-refractivity contribution in [2.24, 2.45) is 0 Å². The number of methoxy groups -OCH3 is 1. The first kappa shape index (κ1) is 15.3. The van der Waals surface area contributed by atoms with Crippen LogP contribution in [0, 0.1) is 5.82 Å². The Morgan fingerprint density at radius 3 is 2.43 bits per heavy atom. The summed E-state index contributed by atoms with van der Waals surface area (Å²) >= 11 is 0. The molecule has 1 atom stereocenters. The van der Waals surface area contributed by atoms with Gasteiger partial charge in [0.1, 0.15) is 12.4 Å². The maximum Gasteiger partial charge on any atom is 0.161 e. The quantitative estimate of drug-likeness (QED) is 0.879. The summed E-state index contributed by atoms with van der Waals surface area (Å²) in [6, 6.07) is 12.4. The second-order valence-electron chi connectivity index (χ2n) is 4.84. The molecule has 0 bridgehead atoms. The van der Waals surface area contributed by atoms with E-state index in [0.717, 1.165) is 11.1 Å². The fraction of sp³-hybridized carbons (Fsp3) is 0.294. The number of rotatable bonds is 6. The second-order valence-corrected chi connectivity index (χ2v) is 4.84. The SMILES string of the molecule is CNC(C)c1ccc(OCc2ccc(F)cc2)c(OC)c1. The molecule has 2 aromatic rings. The van der Waals surface area contributed by atoms with E-state index in [1.807, 2.05) is 25.2 Å². The lowest BCUT2D eigenvalue weighted by atomic mass is 10.1. The first-order valence-electron chi connectivity index (χ1n) is 6.86. The fourth-order valence-corrected chi connectivity index (χ4v) is 1.98. The third kappa shape index (κ3) is 3.95. The molecule has 0 heterocycles. The molecule has 0 spiro atoms. The van der Waals surface area contributed by atoms with Gasteiger partial charge in [0.2, 0.25) is 0 Å². The molecule has 0 aliphatic rings. The van der Waals surface area contributed by atoms with Crippen molar-refractivity contribution < 1.29 is 13.9 Å². The smallest absolute Gasteiger partial charge is 0.161 e. The number of hydrogen-bond donors (Lipinski definition) is 1. The molecule has 2 rings (SSSR count). The van der Waals surface area contributed by atoms with E-state index in [2.05, 4.69) is 12.2 Å². The summed E-state index contributed by atoms with van der Waals surface area (Å²) in [4.78, 5) is 0. The van der Waals surface area contributed by atoms with Crippen molar-refractivity contribution in [3.63, 3.8) is 0 Å². The van der Waals surface area contributed by atoms with Crippen molar-refractivity contribution in [1.82, 2.24) is 5.32 Å². The Morgan fingerprint density at radius 2 is 1.81 bits per heavy atom. The van der Waals surface area contributed by atoms with Crippen LogP contribution in [0.4, 0.5) is 4.39 Å². The molecule has 21 heavy (non-hydrogen) atoms. The average molecular weight is 289 g/mol. The van der Waals surface area contributed by atoms with Crippen LogP contribution in [0.2, 0.25) is 0 Å². The van der Waals surface area contributed by atoms with Gasteiger partial charge in [-0.15, -0.1) is 0 Å². The lowest BCUT2D eigenvalue weighted by Crippen LogP contribution is -2.12. The number of ether oxygens (including phenoxy) is 2. The molecule has 0 amide bonds. The van der Waals surface area contributed by atoms with Gasteiger partial charge in [0.25, 0.3) is 0 Å². The lowest BCUT2D eigenvalue weighted by Gasteiger charge is -2.15. The average Bonchev–Trinajstić information content (AvgIpc) is 2.53. The molecule has 112 valence electrons. The summed E-state index contributed by atoms with van der Waals surface area (Å²) < 4.78 is 24.0. The highest BCUT2D eigenvalue weighted by Gasteiger charge is 2.09. The minimum atomic E-state index is -0.248. The van der Waals surface area contributed by atoms with Crippen molar-refractivity contribution in [3.8, 4) is 11.5 Å². The number of hydrogen-bond acceptors (Lipinski definition) is 3. The molecule has 1 N–H and O–H groups in total. The predicted octanol–water partition coefficient (Wildman–Crippen LogP) is 3.69. The van der Waals surface area contributed by atoms with Gasteiger partial charge < -0.3 is 14.8 Å². The molecular formula is C17H20FNO2. The van der Waals surface area contributed by atoms with Crippen molar-refractivity contribution in [3.05, 3.63) is 59.4 Å². The summed E-state index contributed by atoms with van der Waals surface area (Å²) in [5, 5.41) is 3.18. The fourth-order valence-electron chi connectivity index (χ4n) is 1.98. The Morgan fingerprint density at radius 1 is 1.10 bits per heavy atom. The van der Waals surface area contributed by atoms with E-state index in [0.29, 0.717) is 18.1 Å². The largest absolute Gasteiger partial charge is 0.493 e. The van der Waals surface area contributed by atoms with Crippen molar-refractivity contribution in [2.75, 3.05) is 14.2 Å². The molecule has 2 aromatic carbocycles. The zero-order valence-corrected chi connectivity index (χ0v) is 12.5. The summed E-state index contributed by atoms with van der Waals surface area (Å²) in [5.41, 5.74) is 2.04. The van der Waals surface area contributed by atoms with Crippen LogP contribution in [0.25, 0.3) is 0 Å². The minimum absolute atomic E-state index is 0.241. The molecule has 1 unspecified atom stereocenters. The Kier molecular flexibility index (Phi) is 5.17. The van der Waals surface area contributed by atoms with Gasteiger partial charge in [0, 0.05) is 6.04 Å². The first-order chi connectivity index (χ1) is 10.1. The van der Waals surface area contributed by atoms with Crippen LogP contribution < -0.4 is 14.8 Å². The van der Waals surface area contributed by atoms with Crippen LogP contribution in [0.15, 0.2) is 42.5 Å². The molecule has 0 radical (unpaired) electrons. The first-order valence-corrected chi connectivity index (χ1v) is 6.86. The van der Waals surface area contributed by atoms with E-state index >= 15 is 0 Å². The van der Waals surface area contributed by atoms with Gasteiger partial charge in [-0.25, -0.2) is 4.39 Å². The van der Waals surface area contributed by atoms with Gasteiger partial charge in [0.05, 0.1) is 7.11 Å². The molecule has 0 fully saturated rings. The Bertz CT molecular complexity index is 584. The van der Waals surface area contributed by atoms with Gasteiger partial charge in [-0.2, -0.15) is 0 Å². The van der Waals surface area contributed by atoms with Crippen LogP contribution in [0.5, 0.6) is 11.5 Å². The van der Waals surface area contributed by atoms with E-state index in [4.69, 9.17) is 9.47 Å². The maximum absolute atomic E-state index is 12.9. The molecule has 0 saturated heterocycles. The Hall–Kier alpha value is -2.07. The van der Waals surface area contributed by atoms with E-state index in [1.54, 1.807) is 19.2 Å². The maximum atomic E-state index is 12.9. The Labute approximate surface area is 124 Å². The van der Waals surface area contributed by atoms with Crippen LogP contribution >= 0.6 is 0 Å². The topological polar surface area (TPSA) is 30.5 Å². The standard InChI is InChI=1S/C17H20FNO2/c1-12(19-2)14-6-9-16(17(10-14)20-3)21-11-13-4-7-15(18)8-5-13/h4-10,12,19H,11H2,1-3H3. The van der Waals surface area contributed by atoms with E-state index in [-0.39, 0.29) is 11.9 Å². The van der Waals surface area contributed by atoms with Crippen molar-refractivity contribution in [1.29, 1.82) is 0 Å². The lowest BCUT2D eigenvalue weighted by molar-refractivity contribution is 0.284. The minimum Gasteiger partial charge on any atom is -0.493 e. The van der Waals surface area contributed by atoms with Crippen LogP contribution in [0.1, 0.15) is 24.1 Å². The van der Waals surface area contributed by atoms with Gasteiger partial charge >= 0.3 is 0 Å². The number of benzene rings is 2. The molecule has 0 saturated carbocycles. The third-order valence-corrected chi connectivity index (χ3v) is 3.43. The van der Waals surface area contributed by atoms with E-state index < -0.39 is 0 Å². The molecule has 3 nitrogen and oxygen atoms in total. The summed E-state index contributed by atoms with van der Waals surface area (Å²) in [6.07, 6.45) is 0. The van der Waals surface area contributed by atoms with Gasteiger partial charge in [-0.3, -0.25) is 0 Å². The zero-order valence-electron chi connectivity index (χ0n) is 12.5.